The fourth-order valence-corrected chi connectivity index (χ4v) is 7.04. The van der Waals surface area contributed by atoms with Crippen LogP contribution in [0, 0.1) is 23.7 Å². The number of rotatable bonds is 6. The monoisotopic (exact) mass is 389 g/mol. The summed E-state index contributed by atoms with van der Waals surface area (Å²) in [6.45, 7) is 1.00. The number of aliphatic carboxylic acids is 1. The summed E-state index contributed by atoms with van der Waals surface area (Å²) in [6, 6.07) is 1.28. The van der Waals surface area contributed by atoms with Gasteiger partial charge in [0.1, 0.15) is 5.78 Å². The van der Waals surface area contributed by atoms with E-state index in [9.17, 15) is 9.59 Å². The molecule has 1 N–H and O–H groups in total. The largest absolute Gasteiger partial charge is 0.481 e. The van der Waals surface area contributed by atoms with Crippen molar-refractivity contribution < 1.29 is 14.7 Å². The molecule has 1 aliphatic heterocycles. The third kappa shape index (κ3) is 4.47. The summed E-state index contributed by atoms with van der Waals surface area (Å²) in [6.07, 6.45) is 17.2. The molecule has 1 saturated heterocycles. The Balaban J connectivity index is 1.48. The summed E-state index contributed by atoms with van der Waals surface area (Å²) in [5.41, 5.74) is 0. The second-order valence-corrected chi connectivity index (χ2v) is 10.2. The van der Waals surface area contributed by atoms with Crippen LogP contribution in [0.4, 0.5) is 0 Å². The first kappa shape index (κ1) is 20.4. The summed E-state index contributed by atoms with van der Waals surface area (Å²) in [7, 11) is 0. The van der Waals surface area contributed by atoms with E-state index < -0.39 is 5.97 Å². The summed E-state index contributed by atoms with van der Waals surface area (Å²) in [5.74, 6) is 1.43. The highest BCUT2D eigenvalue weighted by Crippen LogP contribution is 2.47. The van der Waals surface area contributed by atoms with Crippen LogP contribution < -0.4 is 0 Å². The topological polar surface area (TPSA) is 57.6 Å². The van der Waals surface area contributed by atoms with Gasteiger partial charge in [0, 0.05) is 36.9 Å². The van der Waals surface area contributed by atoms with Crippen molar-refractivity contribution in [3.8, 4) is 0 Å². The Morgan fingerprint density at radius 3 is 2.21 bits per heavy atom. The van der Waals surface area contributed by atoms with E-state index in [2.05, 4.69) is 4.90 Å². The maximum Gasteiger partial charge on any atom is 0.303 e. The zero-order chi connectivity index (χ0) is 19.5. The molecule has 4 atom stereocenters. The van der Waals surface area contributed by atoms with Crippen molar-refractivity contribution in [1.29, 1.82) is 0 Å². The van der Waals surface area contributed by atoms with Gasteiger partial charge < -0.3 is 5.11 Å². The number of Topliss-reactive ketones (excluding diaryl/α,β-unsaturated/α-hetero) is 1. The van der Waals surface area contributed by atoms with Crippen LogP contribution in [0.3, 0.4) is 0 Å². The van der Waals surface area contributed by atoms with Gasteiger partial charge in [-0.25, -0.2) is 0 Å². The maximum absolute atomic E-state index is 13.5. The number of nitrogens with zero attached hydrogens (tertiary/aromatic N) is 1. The number of fused-ring (bicyclic) bond motifs is 1. The molecule has 28 heavy (non-hydrogen) atoms. The number of carboxylic acids is 1. The quantitative estimate of drug-likeness (QED) is 0.690. The van der Waals surface area contributed by atoms with E-state index in [1.807, 2.05) is 0 Å². The van der Waals surface area contributed by atoms with E-state index in [-0.39, 0.29) is 12.3 Å². The number of likely N-dealkylation sites (tertiary alicyclic amines) is 1. The lowest BCUT2D eigenvalue weighted by molar-refractivity contribution is -0.137. The summed E-state index contributed by atoms with van der Waals surface area (Å²) in [5, 5.41) is 9.09. The van der Waals surface area contributed by atoms with Crippen molar-refractivity contribution in [2.24, 2.45) is 23.7 Å². The van der Waals surface area contributed by atoms with Crippen LogP contribution in [0.15, 0.2) is 0 Å². The summed E-state index contributed by atoms with van der Waals surface area (Å²) in [4.78, 5) is 27.3. The van der Waals surface area contributed by atoms with Gasteiger partial charge in [-0.2, -0.15) is 0 Å². The second kappa shape index (κ2) is 9.28. The van der Waals surface area contributed by atoms with Crippen LogP contribution in [0.2, 0.25) is 0 Å². The van der Waals surface area contributed by atoms with Crippen LogP contribution >= 0.6 is 0 Å². The van der Waals surface area contributed by atoms with Gasteiger partial charge in [-0.15, -0.1) is 0 Å². The molecular formula is C24H39NO3. The third-order valence-electron chi connectivity index (χ3n) is 8.50. The number of hydrogen-bond acceptors (Lipinski definition) is 3. The molecule has 3 saturated carbocycles. The molecule has 4 fully saturated rings. The van der Waals surface area contributed by atoms with Crippen molar-refractivity contribution in [2.45, 2.75) is 108 Å². The fraction of sp³-hybridized carbons (Fsp3) is 0.917. The van der Waals surface area contributed by atoms with Gasteiger partial charge in [0.2, 0.25) is 0 Å². The average Bonchev–Trinajstić information content (AvgIpc) is 3.12. The fourth-order valence-electron chi connectivity index (χ4n) is 7.04. The zero-order valence-electron chi connectivity index (χ0n) is 17.5. The first-order chi connectivity index (χ1) is 13.6. The molecule has 4 unspecified atom stereocenters. The molecule has 0 bridgehead atoms. The van der Waals surface area contributed by atoms with Gasteiger partial charge in [0.05, 0.1) is 0 Å². The maximum atomic E-state index is 13.5. The Kier molecular flexibility index (Phi) is 6.75. The lowest BCUT2D eigenvalue weighted by atomic mass is 9.69. The van der Waals surface area contributed by atoms with Gasteiger partial charge in [-0.05, 0) is 63.2 Å². The Bertz CT molecular complexity index is 550. The SMILES string of the molecule is O=C(O)CCC1CCC2C(C1)C(C(=O)C1CCCCC1)CN2C1CCCCC1. The molecule has 0 spiro atoms. The molecule has 4 heteroatoms. The lowest BCUT2D eigenvalue weighted by Crippen LogP contribution is -2.44. The minimum Gasteiger partial charge on any atom is -0.481 e. The number of carbonyl (C=O) groups is 2. The van der Waals surface area contributed by atoms with Crippen LogP contribution in [-0.2, 0) is 9.59 Å². The van der Waals surface area contributed by atoms with E-state index >= 15 is 0 Å². The Labute approximate surface area is 170 Å². The first-order valence-electron chi connectivity index (χ1n) is 12.1. The third-order valence-corrected chi connectivity index (χ3v) is 8.50. The lowest BCUT2D eigenvalue weighted by Gasteiger charge is -2.41. The number of carboxylic acid groups (broad SMARTS) is 1. The van der Waals surface area contributed by atoms with Crippen molar-refractivity contribution >= 4 is 11.8 Å². The van der Waals surface area contributed by atoms with Gasteiger partial charge in [0.25, 0.3) is 0 Å². The minimum absolute atomic E-state index is 0.225. The molecule has 3 aliphatic carbocycles. The van der Waals surface area contributed by atoms with Crippen LogP contribution in [-0.4, -0.2) is 40.4 Å². The Morgan fingerprint density at radius 1 is 0.857 bits per heavy atom. The molecule has 4 nitrogen and oxygen atoms in total. The Morgan fingerprint density at radius 2 is 1.54 bits per heavy atom. The van der Waals surface area contributed by atoms with Crippen LogP contribution in [0.25, 0.3) is 0 Å². The van der Waals surface area contributed by atoms with E-state index in [1.54, 1.807) is 0 Å². The first-order valence-corrected chi connectivity index (χ1v) is 12.1. The normalized spacial score (nSPS) is 35.6. The summed E-state index contributed by atoms with van der Waals surface area (Å²) >= 11 is 0. The van der Waals surface area contributed by atoms with Crippen molar-refractivity contribution in [1.82, 2.24) is 4.90 Å². The van der Waals surface area contributed by atoms with Gasteiger partial charge in [-0.1, -0.05) is 38.5 Å². The van der Waals surface area contributed by atoms with Gasteiger partial charge in [0.15, 0.2) is 0 Å². The smallest absolute Gasteiger partial charge is 0.303 e. The van der Waals surface area contributed by atoms with Gasteiger partial charge in [-0.3, -0.25) is 14.5 Å². The van der Waals surface area contributed by atoms with Gasteiger partial charge >= 0.3 is 5.97 Å². The van der Waals surface area contributed by atoms with Crippen LogP contribution in [0.5, 0.6) is 0 Å². The second-order valence-electron chi connectivity index (χ2n) is 10.2. The predicted molar refractivity (Wildman–Crippen MR) is 110 cm³/mol. The predicted octanol–water partition coefficient (Wildman–Crippen LogP) is 5.05. The zero-order valence-corrected chi connectivity index (χ0v) is 17.5. The molecule has 158 valence electrons. The highest BCUT2D eigenvalue weighted by molar-refractivity contribution is 5.84. The average molecular weight is 390 g/mol. The molecule has 0 aromatic heterocycles. The van der Waals surface area contributed by atoms with E-state index in [0.29, 0.717) is 35.6 Å². The molecule has 1 heterocycles. The van der Waals surface area contributed by atoms with Crippen molar-refractivity contribution in [2.75, 3.05) is 6.54 Å². The molecule has 4 aliphatic rings. The molecule has 0 aromatic carbocycles. The van der Waals surface area contributed by atoms with Crippen molar-refractivity contribution in [3.05, 3.63) is 0 Å². The highest BCUT2D eigenvalue weighted by Gasteiger charge is 2.50. The number of hydrogen-bond donors (Lipinski definition) is 1. The van der Waals surface area contributed by atoms with E-state index in [1.165, 1.54) is 57.8 Å². The number of ketones is 1. The number of carbonyl (C=O) groups excluding carboxylic acids is 1. The molecule has 0 amide bonds. The molecular weight excluding hydrogens is 350 g/mol. The Hall–Kier alpha value is -0.900. The molecule has 0 aromatic rings. The summed E-state index contributed by atoms with van der Waals surface area (Å²) < 4.78 is 0. The molecule has 4 rings (SSSR count). The highest BCUT2D eigenvalue weighted by atomic mass is 16.4. The minimum atomic E-state index is -0.674. The van der Waals surface area contributed by atoms with Crippen LogP contribution in [0.1, 0.15) is 96.3 Å². The molecule has 0 radical (unpaired) electrons. The van der Waals surface area contributed by atoms with E-state index in [0.717, 1.165) is 38.6 Å². The standard InChI is InChI=1S/C24H39NO3/c26-23(27)14-12-17-11-13-22-20(15-17)21(24(28)18-7-3-1-4-8-18)16-25(22)19-9-5-2-6-10-19/h17-22H,1-16H2,(H,26,27). The van der Waals surface area contributed by atoms with E-state index in [4.69, 9.17) is 5.11 Å². The van der Waals surface area contributed by atoms with Crippen molar-refractivity contribution in [3.63, 3.8) is 0 Å².